The van der Waals surface area contributed by atoms with Gasteiger partial charge < -0.3 is 10.2 Å². The van der Waals surface area contributed by atoms with Crippen molar-refractivity contribution in [1.29, 1.82) is 0 Å². The van der Waals surface area contributed by atoms with E-state index in [4.69, 9.17) is 10.2 Å². The summed E-state index contributed by atoms with van der Waals surface area (Å²) in [5, 5.41) is 19.2. The lowest BCUT2D eigenvalue weighted by Crippen LogP contribution is -2.28. The molecule has 3 N–H and O–H groups in total. The third-order valence-corrected chi connectivity index (χ3v) is 1.15. The van der Waals surface area contributed by atoms with Crippen LogP contribution < -0.4 is 5.09 Å². The molecule has 0 amide bonds. The Labute approximate surface area is 45.0 Å². The SMILES string of the molecule is OCC(CO)NP. The Kier molecular flexibility index (Phi) is 4.67. The van der Waals surface area contributed by atoms with Crippen LogP contribution in [-0.4, -0.2) is 29.5 Å². The second kappa shape index (κ2) is 4.47. The fourth-order valence-electron chi connectivity index (χ4n) is 0.163. The summed E-state index contributed by atoms with van der Waals surface area (Å²) in [7, 11) is 2.21. The maximum absolute atomic E-state index is 8.29. The molecule has 0 spiro atoms. The van der Waals surface area contributed by atoms with E-state index in [2.05, 4.69) is 14.5 Å². The van der Waals surface area contributed by atoms with Gasteiger partial charge in [0.1, 0.15) is 0 Å². The molecule has 0 rings (SSSR count). The predicted molar refractivity (Wildman–Crippen MR) is 30.8 cm³/mol. The minimum Gasteiger partial charge on any atom is -0.395 e. The summed E-state index contributed by atoms with van der Waals surface area (Å²) in [6.07, 6.45) is 0. The third kappa shape index (κ3) is 2.94. The van der Waals surface area contributed by atoms with Crippen molar-refractivity contribution in [2.75, 3.05) is 13.2 Å². The topological polar surface area (TPSA) is 52.5 Å². The molecule has 0 saturated heterocycles. The Morgan fingerprint density at radius 1 is 1.43 bits per heavy atom. The molecule has 0 aromatic rings. The van der Waals surface area contributed by atoms with E-state index in [1.165, 1.54) is 0 Å². The van der Waals surface area contributed by atoms with Crippen LogP contribution in [0.2, 0.25) is 0 Å². The zero-order valence-electron chi connectivity index (χ0n) is 3.96. The highest BCUT2D eigenvalue weighted by Gasteiger charge is 1.97. The molecule has 0 aliphatic heterocycles. The number of aliphatic hydroxyl groups is 2. The van der Waals surface area contributed by atoms with E-state index in [0.717, 1.165) is 0 Å². The van der Waals surface area contributed by atoms with Crippen molar-refractivity contribution in [2.45, 2.75) is 6.04 Å². The minimum atomic E-state index is -0.190. The normalized spacial score (nSPS) is 10.3. The molecule has 0 aromatic carbocycles. The van der Waals surface area contributed by atoms with Crippen LogP contribution in [0.1, 0.15) is 0 Å². The summed E-state index contributed by atoms with van der Waals surface area (Å²) in [6, 6.07) is -0.190. The number of nitrogens with one attached hydrogen (secondary N) is 1. The van der Waals surface area contributed by atoms with E-state index in [9.17, 15) is 0 Å². The number of hydrogen-bond acceptors (Lipinski definition) is 3. The molecule has 0 fully saturated rings. The highest BCUT2D eigenvalue weighted by Crippen LogP contribution is 1.80. The van der Waals surface area contributed by atoms with Crippen molar-refractivity contribution in [2.24, 2.45) is 0 Å². The standard InChI is InChI=1S/C3H10NO2P/c5-1-3(2-6)4-7/h3-6H,1-2,7H2. The first-order valence-electron chi connectivity index (χ1n) is 2.03. The monoisotopic (exact) mass is 123 g/mol. The Morgan fingerprint density at radius 2 is 1.86 bits per heavy atom. The van der Waals surface area contributed by atoms with Crippen LogP contribution in [-0.2, 0) is 0 Å². The van der Waals surface area contributed by atoms with Gasteiger partial charge in [-0.2, -0.15) is 0 Å². The molecule has 0 aliphatic carbocycles. The van der Waals surface area contributed by atoms with Crippen LogP contribution in [0.3, 0.4) is 0 Å². The lowest BCUT2D eigenvalue weighted by Gasteiger charge is -2.06. The van der Waals surface area contributed by atoms with Gasteiger partial charge in [-0.1, -0.05) is 9.39 Å². The highest BCUT2D eigenvalue weighted by atomic mass is 31.0. The van der Waals surface area contributed by atoms with Crippen molar-refractivity contribution < 1.29 is 10.2 Å². The first-order valence-corrected chi connectivity index (χ1v) is 2.60. The zero-order valence-corrected chi connectivity index (χ0v) is 5.12. The summed E-state index contributed by atoms with van der Waals surface area (Å²) in [6.45, 7) is -0.0556. The Bertz CT molecular complexity index is 34.4. The summed E-state index contributed by atoms with van der Waals surface area (Å²) < 4.78 is 0. The fourth-order valence-corrected chi connectivity index (χ4v) is 0.374. The molecule has 3 nitrogen and oxygen atoms in total. The fraction of sp³-hybridized carbons (Fsp3) is 1.00. The number of rotatable bonds is 3. The Hall–Kier alpha value is 0.310. The van der Waals surface area contributed by atoms with Gasteiger partial charge in [0, 0.05) is 0 Å². The molecule has 1 atom stereocenters. The first kappa shape index (κ1) is 7.31. The van der Waals surface area contributed by atoms with Crippen molar-refractivity contribution >= 4 is 9.39 Å². The van der Waals surface area contributed by atoms with Crippen LogP contribution in [0.25, 0.3) is 0 Å². The first-order chi connectivity index (χ1) is 3.35. The number of hydrogen-bond donors (Lipinski definition) is 3. The summed E-state index contributed by atoms with van der Waals surface area (Å²) >= 11 is 0. The van der Waals surface area contributed by atoms with Gasteiger partial charge in [0.05, 0.1) is 19.3 Å². The summed E-state index contributed by atoms with van der Waals surface area (Å²) in [5.41, 5.74) is 0. The van der Waals surface area contributed by atoms with Gasteiger partial charge in [-0.15, -0.1) is 0 Å². The van der Waals surface area contributed by atoms with E-state index in [1.807, 2.05) is 0 Å². The van der Waals surface area contributed by atoms with Crippen LogP contribution >= 0.6 is 9.39 Å². The Morgan fingerprint density at radius 3 is 1.86 bits per heavy atom. The second-order valence-electron chi connectivity index (χ2n) is 1.23. The lowest BCUT2D eigenvalue weighted by atomic mass is 10.4. The molecular formula is C3H10NO2P. The molecule has 0 bridgehead atoms. The van der Waals surface area contributed by atoms with E-state index in [-0.39, 0.29) is 19.3 Å². The molecular weight excluding hydrogens is 113 g/mol. The maximum atomic E-state index is 8.29. The molecule has 0 heterocycles. The highest BCUT2D eigenvalue weighted by molar-refractivity contribution is 7.13. The van der Waals surface area contributed by atoms with E-state index in [0.29, 0.717) is 0 Å². The molecule has 0 saturated carbocycles. The third-order valence-electron chi connectivity index (χ3n) is 0.676. The van der Waals surface area contributed by atoms with Gasteiger partial charge in [0.15, 0.2) is 0 Å². The van der Waals surface area contributed by atoms with Crippen LogP contribution in [0.5, 0.6) is 0 Å². The van der Waals surface area contributed by atoms with Crippen molar-refractivity contribution in [3.63, 3.8) is 0 Å². The second-order valence-corrected chi connectivity index (χ2v) is 1.56. The molecule has 44 valence electrons. The van der Waals surface area contributed by atoms with E-state index < -0.39 is 0 Å². The van der Waals surface area contributed by atoms with Crippen molar-refractivity contribution in [3.8, 4) is 0 Å². The summed E-state index contributed by atoms with van der Waals surface area (Å²) in [4.78, 5) is 0. The molecule has 7 heavy (non-hydrogen) atoms. The van der Waals surface area contributed by atoms with E-state index >= 15 is 0 Å². The molecule has 0 aliphatic rings. The Balaban J connectivity index is 2.99. The summed E-state index contributed by atoms with van der Waals surface area (Å²) in [5.74, 6) is 0. The smallest absolute Gasteiger partial charge is 0.0609 e. The quantitative estimate of drug-likeness (QED) is 0.410. The van der Waals surface area contributed by atoms with Gasteiger partial charge in [0.2, 0.25) is 0 Å². The zero-order chi connectivity index (χ0) is 5.70. The van der Waals surface area contributed by atoms with E-state index in [1.54, 1.807) is 0 Å². The average Bonchev–Trinajstić information content (AvgIpc) is 1.72. The molecule has 0 radical (unpaired) electrons. The largest absolute Gasteiger partial charge is 0.395 e. The van der Waals surface area contributed by atoms with Crippen LogP contribution in [0.15, 0.2) is 0 Å². The molecule has 4 heteroatoms. The van der Waals surface area contributed by atoms with Crippen LogP contribution in [0, 0.1) is 0 Å². The van der Waals surface area contributed by atoms with Crippen molar-refractivity contribution in [3.05, 3.63) is 0 Å². The molecule has 1 unspecified atom stereocenters. The molecule has 0 aromatic heterocycles. The predicted octanol–water partition coefficient (Wildman–Crippen LogP) is -1.28. The lowest BCUT2D eigenvalue weighted by molar-refractivity contribution is 0.187. The minimum absolute atomic E-state index is 0.0278. The van der Waals surface area contributed by atoms with Gasteiger partial charge in [0.25, 0.3) is 0 Å². The van der Waals surface area contributed by atoms with Gasteiger partial charge in [-0.25, -0.2) is 0 Å². The van der Waals surface area contributed by atoms with Gasteiger partial charge in [-0.3, -0.25) is 5.09 Å². The van der Waals surface area contributed by atoms with Gasteiger partial charge >= 0.3 is 0 Å². The van der Waals surface area contributed by atoms with Crippen LogP contribution in [0.4, 0.5) is 0 Å². The maximum Gasteiger partial charge on any atom is 0.0609 e. The average molecular weight is 123 g/mol. The van der Waals surface area contributed by atoms with Gasteiger partial charge in [-0.05, 0) is 0 Å². The van der Waals surface area contributed by atoms with Crippen molar-refractivity contribution in [1.82, 2.24) is 5.09 Å². The number of aliphatic hydroxyl groups excluding tert-OH is 2.